The van der Waals surface area contributed by atoms with Crippen molar-refractivity contribution in [2.45, 2.75) is 58.2 Å². The number of amides is 4. The fourth-order valence-electron chi connectivity index (χ4n) is 8.38. The quantitative estimate of drug-likeness (QED) is 0.0284. The van der Waals surface area contributed by atoms with Gasteiger partial charge in [0.15, 0.2) is 6.61 Å². The molecule has 74 heavy (non-hydrogen) atoms. The molecule has 0 spiro atoms. The smallest absolute Gasteiger partial charge is 0.258 e. The number of rotatable bonds is 31. The molecule has 4 aromatic carbocycles. The highest BCUT2D eigenvalue weighted by Gasteiger charge is 2.33. The second kappa shape index (κ2) is 30.9. The van der Waals surface area contributed by atoms with Crippen LogP contribution in [0.5, 0.6) is 5.75 Å². The molecule has 18 heteroatoms. The summed E-state index contributed by atoms with van der Waals surface area (Å²) in [6, 6.07) is 28.6. The largest absolute Gasteiger partial charge is 0.484 e. The van der Waals surface area contributed by atoms with Gasteiger partial charge in [0.05, 0.1) is 78.2 Å². The zero-order chi connectivity index (χ0) is 52.5. The van der Waals surface area contributed by atoms with Crippen LogP contribution in [-0.4, -0.2) is 132 Å². The molecule has 16 nitrogen and oxygen atoms in total. The van der Waals surface area contributed by atoms with Crippen molar-refractivity contribution in [1.29, 1.82) is 0 Å². The highest BCUT2D eigenvalue weighted by atomic mass is 35.5. The van der Waals surface area contributed by atoms with E-state index in [1.807, 2.05) is 95.2 Å². The minimum atomic E-state index is -0.257. The minimum absolute atomic E-state index is 0.00396. The molecule has 0 aliphatic carbocycles. The number of benzene rings is 4. The predicted octanol–water partition coefficient (Wildman–Crippen LogP) is 8.78. The lowest BCUT2D eigenvalue weighted by molar-refractivity contribution is -0.127. The molecule has 0 fully saturated rings. The molecule has 0 radical (unpaired) electrons. The van der Waals surface area contributed by atoms with Gasteiger partial charge in [-0.1, -0.05) is 55.3 Å². The summed E-state index contributed by atoms with van der Waals surface area (Å²) in [5.41, 5.74) is 6.35. The van der Waals surface area contributed by atoms with E-state index in [0.717, 1.165) is 57.9 Å². The van der Waals surface area contributed by atoms with Crippen LogP contribution in [0.1, 0.15) is 78.6 Å². The first-order valence-corrected chi connectivity index (χ1v) is 26.3. The van der Waals surface area contributed by atoms with Gasteiger partial charge in [0.1, 0.15) is 10.8 Å². The molecule has 1 aliphatic rings. The number of fused-ring (bicyclic) bond motifs is 1. The Labute approximate surface area is 443 Å². The van der Waals surface area contributed by atoms with Gasteiger partial charge in [-0.2, -0.15) is 0 Å². The monoisotopic (exact) mass is 1050 g/mol. The second-order valence-electron chi connectivity index (χ2n) is 17.5. The molecule has 4 amide bonds. The topological polar surface area (TPSA) is 179 Å². The van der Waals surface area contributed by atoms with Crippen LogP contribution < -0.4 is 25.6 Å². The van der Waals surface area contributed by atoms with Crippen LogP contribution in [0.3, 0.4) is 0 Å². The van der Waals surface area contributed by atoms with E-state index in [9.17, 15) is 19.2 Å². The van der Waals surface area contributed by atoms with Gasteiger partial charge in [-0.05, 0) is 109 Å². The van der Waals surface area contributed by atoms with Crippen molar-refractivity contribution < 1.29 is 47.6 Å². The van der Waals surface area contributed by atoms with Crippen LogP contribution in [0.4, 0.5) is 11.4 Å². The van der Waals surface area contributed by atoms with E-state index >= 15 is 0 Å². The van der Waals surface area contributed by atoms with Gasteiger partial charge in [0, 0.05) is 72.7 Å². The molecule has 0 bridgehead atoms. The molecule has 6 rings (SSSR count). The molecular weight excluding hydrogens is 984 g/mol. The first-order valence-electron chi connectivity index (χ1n) is 25.1. The van der Waals surface area contributed by atoms with Gasteiger partial charge < -0.3 is 54.2 Å². The van der Waals surface area contributed by atoms with Gasteiger partial charge in [-0.25, -0.2) is 4.98 Å². The fraction of sp³-hybridized carbons (Fsp3) is 0.411. The van der Waals surface area contributed by atoms with Crippen molar-refractivity contribution in [2.75, 3.05) is 103 Å². The lowest BCUT2D eigenvalue weighted by Gasteiger charge is -2.39. The van der Waals surface area contributed by atoms with E-state index in [0.29, 0.717) is 95.5 Å². The van der Waals surface area contributed by atoms with Crippen LogP contribution in [0.25, 0.3) is 17.2 Å². The summed E-state index contributed by atoms with van der Waals surface area (Å²) in [5, 5.41) is 12.6. The highest BCUT2D eigenvalue weighted by molar-refractivity contribution is 7.10. The standard InChI is InChI=1S/C56H69ClN6O10S/c1-5-6-51(62(4)55(66)22-21-54-59-25-36-74-54)43-11-18-48(19-12-43)73-39-53(65)58-23-26-68-28-30-70-32-34-72-35-33-71-31-29-69-27-24-60-56(67)44-9-7-42(8-10-44)45-13-20-52-49(38-45)50(37-40(2)63(52)41(3)64)61-47-16-14-46(57)15-17-47/h7-22,25,36,38,40,50-51,61H,5-6,23-24,26-35,37,39H2,1-4H3,(H,58,65)(H,60,67)/b22-21+/t40-,50+,51?/m0/s1. The number of ether oxygens (including phenoxy) is 6. The first-order chi connectivity index (χ1) is 36.0. The number of nitrogens with zero attached hydrogens (tertiary/aromatic N) is 3. The Balaban J connectivity index is 0.737. The maximum atomic E-state index is 12.9. The van der Waals surface area contributed by atoms with Crippen LogP contribution in [0.15, 0.2) is 109 Å². The average molecular weight is 1050 g/mol. The number of carbonyl (C=O) groups is 4. The van der Waals surface area contributed by atoms with Crippen LogP contribution in [-0.2, 0) is 38.1 Å². The van der Waals surface area contributed by atoms with Gasteiger partial charge in [-0.3, -0.25) is 19.2 Å². The number of halogens is 1. The number of thiazole rings is 1. The zero-order valence-corrected chi connectivity index (χ0v) is 44.3. The Morgan fingerprint density at radius 2 is 1.41 bits per heavy atom. The molecular formula is C56H69ClN6O10S. The summed E-state index contributed by atoms with van der Waals surface area (Å²) < 4.78 is 33.5. The molecule has 0 saturated carbocycles. The van der Waals surface area contributed by atoms with Crippen LogP contribution in [0, 0.1) is 0 Å². The van der Waals surface area contributed by atoms with E-state index in [1.54, 1.807) is 37.2 Å². The average Bonchev–Trinajstić information content (AvgIpc) is 3.94. The number of anilines is 2. The van der Waals surface area contributed by atoms with Gasteiger partial charge in [0.25, 0.3) is 11.8 Å². The third kappa shape index (κ3) is 18.3. The van der Waals surface area contributed by atoms with E-state index in [1.165, 1.54) is 11.3 Å². The number of likely N-dealkylation sites (N-methyl/N-ethyl adjacent to an activating group) is 1. The van der Waals surface area contributed by atoms with Crippen molar-refractivity contribution in [2.24, 2.45) is 0 Å². The second-order valence-corrected chi connectivity index (χ2v) is 18.9. The Morgan fingerprint density at radius 1 is 0.797 bits per heavy atom. The Morgan fingerprint density at radius 3 is 2.00 bits per heavy atom. The Bertz CT molecular complexity index is 2530. The molecule has 3 atom stereocenters. The normalized spacial score (nSPS) is 14.6. The number of carbonyl (C=O) groups excluding carboxylic acids is 4. The molecule has 2 heterocycles. The maximum absolute atomic E-state index is 12.9. The van der Waals surface area contributed by atoms with Crippen molar-refractivity contribution in [1.82, 2.24) is 20.5 Å². The van der Waals surface area contributed by atoms with E-state index in [4.69, 9.17) is 40.0 Å². The predicted molar refractivity (Wildman–Crippen MR) is 290 cm³/mol. The highest BCUT2D eigenvalue weighted by Crippen LogP contribution is 2.41. The van der Waals surface area contributed by atoms with Crippen molar-refractivity contribution >= 4 is 64.0 Å². The minimum Gasteiger partial charge on any atom is -0.484 e. The van der Waals surface area contributed by atoms with E-state index < -0.39 is 0 Å². The van der Waals surface area contributed by atoms with Crippen molar-refractivity contribution in [3.63, 3.8) is 0 Å². The summed E-state index contributed by atoms with van der Waals surface area (Å²) >= 11 is 7.60. The van der Waals surface area contributed by atoms with Crippen molar-refractivity contribution in [3.05, 3.63) is 135 Å². The lowest BCUT2D eigenvalue weighted by Crippen LogP contribution is -2.43. The van der Waals surface area contributed by atoms with Crippen LogP contribution in [0.2, 0.25) is 5.02 Å². The molecule has 1 unspecified atom stereocenters. The summed E-state index contributed by atoms with van der Waals surface area (Å²) in [6.07, 6.45) is 7.44. The molecule has 0 saturated heterocycles. The molecule has 3 N–H and O–H groups in total. The van der Waals surface area contributed by atoms with E-state index in [-0.39, 0.29) is 48.4 Å². The Kier molecular flexibility index (Phi) is 23.8. The Hall–Kier alpha value is -6.18. The maximum Gasteiger partial charge on any atom is 0.258 e. The zero-order valence-electron chi connectivity index (χ0n) is 42.7. The molecule has 1 aliphatic heterocycles. The number of hydrogen-bond donors (Lipinski definition) is 3. The number of aromatic nitrogens is 1. The first kappa shape index (κ1) is 57.1. The lowest BCUT2D eigenvalue weighted by atomic mass is 9.88. The molecule has 396 valence electrons. The summed E-state index contributed by atoms with van der Waals surface area (Å²) in [4.78, 5) is 58.5. The summed E-state index contributed by atoms with van der Waals surface area (Å²) in [7, 11) is 1.80. The van der Waals surface area contributed by atoms with Gasteiger partial charge in [-0.15, -0.1) is 11.3 Å². The van der Waals surface area contributed by atoms with Gasteiger partial charge >= 0.3 is 0 Å². The summed E-state index contributed by atoms with van der Waals surface area (Å²) in [5.74, 6) is 0.0220. The van der Waals surface area contributed by atoms with Crippen LogP contribution >= 0.6 is 22.9 Å². The molecule has 5 aromatic rings. The number of hydrogen-bond acceptors (Lipinski definition) is 13. The third-order valence-electron chi connectivity index (χ3n) is 12.1. The third-order valence-corrected chi connectivity index (χ3v) is 13.1. The van der Waals surface area contributed by atoms with Gasteiger partial charge in [0.2, 0.25) is 11.8 Å². The SMILES string of the molecule is CCCC(c1ccc(OCC(=O)NCCOCCOCCOCCOCCOCCNC(=O)c2ccc(-c3ccc4c(c3)[C@H](Nc3ccc(Cl)cc3)C[C@H](C)N4C(C)=O)cc2)cc1)N(C)C(=O)/C=C/c1nccs1. The summed E-state index contributed by atoms with van der Waals surface area (Å²) in [6.45, 7) is 10.2. The fourth-order valence-corrected chi connectivity index (χ4v) is 9.03. The van der Waals surface area contributed by atoms with E-state index in [2.05, 4.69) is 40.8 Å². The number of nitrogens with one attached hydrogen (secondary N) is 3. The van der Waals surface area contributed by atoms with Crippen molar-refractivity contribution in [3.8, 4) is 16.9 Å². The molecule has 1 aromatic heterocycles.